The average molecular weight is 267 g/mol. The summed E-state index contributed by atoms with van der Waals surface area (Å²) in [6.45, 7) is 2.41. The fourth-order valence-corrected chi connectivity index (χ4v) is 2.90. The molecule has 6 heteroatoms. The van der Waals surface area contributed by atoms with Crippen LogP contribution in [0, 0.1) is 12.3 Å². The first kappa shape index (κ1) is 13.9. The van der Waals surface area contributed by atoms with E-state index in [1.807, 2.05) is 0 Å². The highest BCUT2D eigenvalue weighted by atomic mass is 16.4. The number of aromatic nitrogens is 2. The van der Waals surface area contributed by atoms with Gasteiger partial charge in [0.1, 0.15) is 11.4 Å². The fraction of sp³-hybridized carbons (Fsp3) is 0.692. The topological polar surface area (TPSA) is 87.4 Å². The molecule has 0 radical (unpaired) electrons. The maximum atomic E-state index is 11.3. The first-order valence-electron chi connectivity index (χ1n) is 6.61. The molecule has 0 saturated heterocycles. The zero-order valence-electron chi connectivity index (χ0n) is 11.4. The number of carboxylic acids is 1. The van der Waals surface area contributed by atoms with Crippen LogP contribution in [-0.2, 0) is 7.05 Å². The zero-order chi connectivity index (χ0) is 14.0. The van der Waals surface area contributed by atoms with E-state index in [4.69, 9.17) is 0 Å². The number of nitrogens with zero attached hydrogens (tertiary/aromatic N) is 2. The normalized spacial score (nSPS) is 17.6. The SMILES string of the molecule is Cc1nn(C)c(NCC2(CO)CCCC2)c1C(=O)O. The van der Waals surface area contributed by atoms with Crippen molar-refractivity contribution in [2.45, 2.75) is 32.6 Å². The maximum Gasteiger partial charge on any atom is 0.341 e. The molecule has 2 rings (SSSR count). The van der Waals surface area contributed by atoms with Gasteiger partial charge in [-0.15, -0.1) is 0 Å². The van der Waals surface area contributed by atoms with Gasteiger partial charge in [-0.3, -0.25) is 4.68 Å². The van der Waals surface area contributed by atoms with Gasteiger partial charge in [-0.1, -0.05) is 12.8 Å². The molecule has 0 unspecified atom stereocenters. The number of nitrogens with one attached hydrogen (secondary N) is 1. The second-order valence-corrected chi connectivity index (χ2v) is 5.46. The molecule has 0 atom stereocenters. The Morgan fingerprint density at radius 1 is 1.47 bits per heavy atom. The van der Waals surface area contributed by atoms with Gasteiger partial charge in [0.25, 0.3) is 0 Å². The van der Waals surface area contributed by atoms with E-state index in [0.29, 0.717) is 18.1 Å². The molecule has 3 N–H and O–H groups in total. The summed E-state index contributed by atoms with van der Waals surface area (Å²) in [5.41, 5.74) is 0.601. The van der Waals surface area contributed by atoms with E-state index in [9.17, 15) is 15.0 Å². The molecule has 1 aromatic rings. The monoisotopic (exact) mass is 267 g/mol. The van der Waals surface area contributed by atoms with Gasteiger partial charge in [0.15, 0.2) is 0 Å². The van der Waals surface area contributed by atoms with E-state index < -0.39 is 5.97 Å². The van der Waals surface area contributed by atoms with Crippen LogP contribution in [0.1, 0.15) is 41.7 Å². The number of aliphatic hydroxyl groups is 1. The third-order valence-electron chi connectivity index (χ3n) is 4.07. The van der Waals surface area contributed by atoms with Gasteiger partial charge >= 0.3 is 5.97 Å². The summed E-state index contributed by atoms with van der Waals surface area (Å²) >= 11 is 0. The van der Waals surface area contributed by atoms with E-state index in [1.165, 1.54) is 0 Å². The van der Waals surface area contributed by atoms with Crippen LogP contribution in [0.5, 0.6) is 0 Å². The minimum absolute atomic E-state index is 0.117. The number of carboxylic acid groups (broad SMARTS) is 1. The van der Waals surface area contributed by atoms with E-state index in [1.54, 1.807) is 18.7 Å². The minimum Gasteiger partial charge on any atom is -0.477 e. The number of carbonyl (C=O) groups is 1. The van der Waals surface area contributed by atoms with Crippen LogP contribution >= 0.6 is 0 Å². The van der Waals surface area contributed by atoms with Gasteiger partial charge in [0.2, 0.25) is 0 Å². The lowest BCUT2D eigenvalue weighted by Gasteiger charge is -2.27. The Balaban J connectivity index is 2.17. The van der Waals surface area contributed by atoms with Crippen molar-refractivity contribution in [3.8, 4) is 0 Å². The molecule has 19 heavy (non-hydrogen) atoms. The molecule has 106 valence electrons. The van der Waals surface area contributed by atoms with Crippen LogP contribution in [0.25, 0.3) is 0 Å². The standard InChI is InChI=1S/C13H21N3O3/c1-9-10(12(18)19)11(16(2)15-9)14-7-13(8-17)5-3-4-6-13/h14,17H,3-8H2,1-2H3,(H,18,19). The molecule has 1 fully saturated rings. The summed E-state index contributed by atoms with van der Waals surface area (Å²) < 4.78 is 1.55. The molecular weight excluding hydrogens is 246 g/mol. The minimum atomic E-state index is -0.974. The molecule has 1 heterocycles. The van der Waals surface area contributed by atoms with Gasteiger partial charge in [-0.25, -0.2) is 4.79 Å². The van der Waals surface area contributed by atoms with Gasteiger partial charge in [-0.2, -0.15) is 5.10 Å². The molecule has 0 aliphatic heterocycles. The molecule has 0 aromatic carbocycles. The Labute approximate surface area is 112 Å². The Bertz CT molecular complexity index is 476. The summed E-state index contributed by atoms with van der Waals surface area (Å²) in [7, 11) is 1.72. The number of anilines is 1. The summed E-state index contributed by atoms with van der Waals surface area (Å²) in [5.74, 6) is -0.456. The highest BCUT2D eigenvalue weighted by Gasteiger charge is 2.33. The lowest BCUT2D eigenvalue weighted by atomic mass is 9.87. The van der Waals surface area contributed by atoms with Gasteiger partial charge in [0.05, 0.1) is 12.3 Å². The smallest absolute Gasteiger partial charge is 0.341 e. The van der Waals surface area contributed by atoms with Gasteiger partial charge < -0.3 is 15.5 Å². The highest BCUT2D eigenvalue weighted by molar-refractivity contribution is 5.94. The molecule has 0 spiro atoms. The number of rotatable bonds is 5. The Hall–Kier alpha value is -1.56. The van der Waals surface area contributed by atoms with E-state index in [2.05, 4.69) is 10.4 Å². The molecule has 0 bridgehead atoms. The summed E-state index contributed by atoms with van der Waals surface area (Å²) in [6.07, 6.45) is 4.21. The molecule has 1 aliphatic rings. The molecule has 1 aromatic heterocycles. The van der Waals surface area contributed by atoms with E-state index in [0.717, 1.165) is 25.7 Å². The van der Waals surface area contributed by atoms with Crippen LogP contribution in [0.4, 0.5) is 5.82 Å². The molecular formula is C13H21N3O3. The first-order valence-corrected chi connectivity index (χ1v) is 6.61. The molecule has 1 saturated carbocycles. The van der Waals surface area contributed by atoms with Crippen LogP contribution in [0.2, 0.25) is 0 Å². The summed E-state index contributed by atoms with van der Waals surface area (Å²) in [5, 5.41) is 26.1. The Kier molecular flexibility index (Phi) is 3.80. The lowest BCUT2D eigenvalue weighted by Crippen LogP contribution is -2.31. The predicted molar refractivity (Wildman–Crippen MR) is 71.4 cm³/mol. The summed E-state index contributed by atoms with van der Waals surface area (Å²) in [4.78, 5) is 11.3. The largest absolute Gasteiger partial charge is 0.477 e. The van der Waals surface area contributed by atoms with E-state index in [-0.39, 0.29) is 17.6 Å². The lowest BCUT2D eigenvalue weighted by molar-refractivity contribution is 0.0697. The number of hydrogen-bond acceptors (Lipinski definition) is 4. The third kappa shape index (κ3) is 2.58. The van der Waals surface area contributed by atoms with Gasteiger partial charge in [0, 0.05) is 19.0 Å². The Morgan fingerprint density at radius 2 is 2.11 bits per heavy atom. The van der Waals surface area contributed by atoms with Crippen molar-refractivity contribution in [1.29, 1.82) is 0 Å². The second kappa shape index (κ2) is 5.21. The quantitative estimate of drug-likeness (QED) is 0.750. The van der Waals surface area contributed by atoms with Crippen molar-refractivity contribution in [2.75, 3.05) is 18.5 Å². The zero-order valence-corrected chi connectivity index (χ0v) is 11.4. The highest BCUT2D eigenvalue weighted by Crippen LogP contribution is 2.38. The third-order valence-corrected chi connectivity index (χ3v) is 4.07. The Morgan fingerprint density at radius 3 is 2.63 bits per heavy atom. The van der Waals surface area contributed by atoms with Crippen LogP contribution in [0.15, 0.2) is 0 Å². The van der Waals surface area contributed by atoms with Crippen molar-refractivity contribution in [1.82, 2.24) is 9.78 Å². The van der Waals surface area contributed by atoms with E-state index >= 15 is 0 Å². The van der Waals surface area contributed by atoms with Crippen molar-refractivity contribution < 1.29 is 15.0 Å². The molecule has 1 aliphatic carbocycles. The summed E-state index contributed by atoms with van der Waals surface area (Å²) in [6, 6.07) is 0. The number of hydrogen-bond donors (Lipinski definition) is 3. The fourth-order valence-electron chi connectivity index (χ4n) is 2.90. The van der Waals surface area contributed by atoms with Crippen molar-refractivity contribution in [2.24, 2.45) is 12.5 Å². The number of aryl methyl sites for hydroxylation is 2. The van der Waals surface area contributed by atoms with Crippen LogP contribution in [0.3, 0.4) is 0 Å². The number of aromatic carboxylic acids is 1. The van der Waals surface area contributed by atoms with Crippen LogP contribution in [-0.4, -0.2) is 39.1 Å². The van der Waals surface area contributed by atoms with Crippen molar-refractivity contribution in [3.63, 3.8) is 0 Å². The van der Waals surface area contributed by atoms with Crippen molar-refractivity contribution in [3.05, 3.63) is 11.3 Å². The van der Waals surface area contributed by atoms with Gasteiger partial charge in [-0.05, 0) is 19.8 Å². The first-order chi connectivity index (χ1) is 8.99. The maximum absolute atomic E-state index is 11.3. The second-order valence-electron chi connectivity index (χ2n) is 5.46. The molecule has 6 nitrogen and oxygen atoms in total. The average Bonchev–Trinajstić information content (AvgIpc) is 2.92. The van der Waals surface area contributed by atoms with Crippen LogP contribution < -0.4 is 5.32 Å². The molecule has 0 amide bonds. The number of aliphatic hydroxyl groups excluding tert-OH is 1. The predicted octanol–water partition coefficient (Wildman–Crippen LogP) is 1.39. The van der Waals surface area contributed by atoms with Crippen molar-refractivity contribution >= 4 is 11.8 Å².